The van der Waals surface area contributed by atoms with E-state index in [2.05, 4.69) is 62.1 Å². The molecular formula is C20H24N6. The molecule has 2 aromatic heterocycles. The quantitative estimate of drug-likeness (QED) is 0.742. The summed E-state index contributed by atoms with van der Waals surface area (Å²) in [7, 11) is 0. The van der Waals surface area contributed by atoms with Gasteiger partial charge in [-0.3, -0.25) is 9.58 Å². The average molecular weight is 348 g/mol. The van der Waals surface area contributed by atoms with Crippen molar-refractivity contribution in [3.8, 4) is 0 Å². The van der Waals surface area contributed by atoms with Gasteiger partial charge in [0.15, 0.2) is 0 Å². The highest BCUT2D eigenvalue weighted by Crippen LogP contribution is 2.17. The third kappa shape index (κ3) is 3.91. The Morgan fingerprint density at radius 3 is 2.58 bits per heavy atom. The summed E-state index contributed by atoms with van der Waals surface area (Å²) in [5.74, 6) is 0.635. The predicted octanol–water partition coefficient (Wildman–Crippen LogP) is 2.86. The molecule has 0 amide bonds. The molecule has 0 saturated heterocycles. The number of nitrogens with zero attached hydrogens (tertiary/aromatic N) is 5. The van der Waals surface area contributed by atoms with Crippen LogP contribution in [0.15, 0.2) is 48.8 Å². The van der Waals surface area contributed by atoms with E-state index in [1.807, 2.05) is 6.07 Å². The van der Waals surface area contributed by atoms with Crippen LogP contribution in [0.1, 0.15) is 29.4 Å². The average Bonchev–Trinajstić information content (AvgIpc) is 3.10. The minimum absolute atomic E-state index is 0.635. The lowest BCUT2D eigenvalue weighted by molar-refractivity contribution is 0.205. The molecule has 1 aromatic carbocycles. The first-order valence-electron chi connectivity index (χ1n) is 9.17. The summed E-state index contributed by atoms with van der Waals surface area (Å²) >= 11 is 0. The maximum atomic E-state index is 4.70. The third-order valence-corrected chi connectivity index (χ3v) is 4.76. The Bertz CT molecular complexity index is 840. The predicted molar refractivity (Wildman–Crippen MR) is 102 cm³/mol. The fourth-order valence-corrected chi connectivity index (χ4v) is 3.30. The molecule has 0 unspecified atom stereocenters. The summed E-state index contributed by atoms with van der Waals surface area (Å²) in [4.78, 5) is 10.8. The van der Waals surface area contributed by atoms with Crippen LogP contribution in [0.3, 0.4) is 0 Å². The van der Waals surface area contributed by atoms with Gasteiger partial charge in [0.2, 0.25) is 5.95 Å². The number of fused-ring (bicyclic) bond motifs is 1. The van der Waals surface area contributed by atoms with Gasteiger partial charge in [0.1, 0.15) is 0 Å². The largest absolute Gasteiger partial charge is 0.348 e. The Balaban J connectivity index is 1.36. The monoisotopic (exact) mass is 348 g/mol. The van der Waals surface area contributed by atoms with E-state index in [-0.39, 0.29) is 0 Å². The van der Waals surface area contributed by atoms with Crippen molar-refractivity contribution in [2.24, 2.45) is 0 Å². The molecule has 0 aliphatic carbocycles. The van der Waals surface area contributed by atoms with Crippen molar-refractivity contribution in [3.63, 3.8) is 0 Å². The Labute approximate surface area is 153 Å². The summed E-state index contributed by atoms with van der Waals surface area (Å²) < 4.78 is 2.12. The zero-order valence-electron chi connectivity index (χ0n) is 15.1. The molecule has 0 saturated carbocycles. The molecule has 3 heterocycles. The van der Waals surface area contributed by atoms with E-state index in [0.717, 1.165) is 38.3 Å². The van der Waals surface area contributed by atoms with Crippen molar-refractivity contribution in [2.45, 2.75) is 39.5 Å². The van der Waals surface area contributed by atoms with E-state index < -0.39 is 0 Å². The minimum atomic E-state index is 0.635. The molecule has 1 aliphatic rings. The zero-order chi connectivity index (χ0) is 17.8. The van der Waals surface area contributed by atoms with Gasteiger partial charge in [0.05, 0.1) is 24.5 Å². The third-order valence-electron chi connectivity index (χ3n) is 4.76. The number of hydrogen-bond acceptors (Lipinski definition) is 5. The molecule has 26 heavy (non-hydrogen) atoms. The molecule has 0 spiro atoms. The van der Waals surface area contributed by atoms with Crippen molar-refractivity contribution in [1.29, 1.82) is 0 Å². The van der Waals surface area contributed by atoms with Gasteiger partial charge < -0.3 is 5.32 Å². The number of rotatable bonds is 6. The maximum Gasteiger partial charge on any atom is 0.222 e. The normalized spacial score (nSPS) is 14.2. The fourth-order valence-electron chi connectivity index (χ4n) is 3.30. The van der Waals surface area contributed by atoms with Gasteiger partial charge in [-0.05, 0) is 29.7 Å². The van der Waals surface area contributed by atoms with Crippen LogP contribution in [0, 0.1) is 0 Å². The number of hydrogen-bond donors (Lipinski definition) is 1. The Morgan fingerprint density at radius 1 is 1.04 bits per heavy atom. The molecule has 6 nitrogen and oxygen atoms in total. The van der Waals surface area contributed by atoms with Crippen LogP contribution in [0.2, 0.25) is 0 Å². The van der Waals surface area contributed by atoms with Crippen molar-refractivity contribution >= 4 is 5.95 Å². The number of aryl methyl sites for hydroxylation is 1. The van der Waals surface area contributed by atoms with E-state index in [1.165, 1.54) is 16.8 Å². The SMILES string of the molecule is CCc1ccc(CN2CCn3nc(CNc4ncccn4)cc3C2)cc1. The van der Waals surface area contributed by atoms with Crippen LogP contribution < -0.4 is 5.32 Å². The van der Waals surface area contributed by atoms with Crippen molar-refractivity contribution in [1.82, 2.24) is 24.6 Å². The smallest absolute Gasteiger partial charge is 0.222 e. The van der Waals surface area contributed by atoms with Crippen molar-refractivity contribution in [3.05, 3.63) is 71.3 Å². The van der Waals surface area contributed by atoms with Gasteiger partial charge in [0.25, 0.3) is 0 Å². The van der Waals surface area contributed by atoms with E-state index in [0.29, 0.717) is 12.5 Å². The first-order valence-corrected chi connectivity index (χ1v) is 9.17. The zero-order valence-corrected chi connectivity index (χ0v) is 15.1. The van der Waals surface area contributed by atoms with Crippen LogP contribution in [0.5, 0.6) is 0 Å². The first-order chi connectivity index (χ1) is 12.8. The Kier molecular flexibility index (Phi) is 4.93. The lowest BCUT2D eigenvalue weighted by Gasteiger charge is -2.27. The summed E-state index contributed by atoms with van der Waals surface area (Å²) in [6.45, 7) is 6.72. The molecule has 3 aromatic rings. The molecule has 0 radical (unpaired) electrons. The van der Waals surface area contributed by atoms with E-state index in [1.54, 1.807) is 12.4 Å². The molecule has 4 rings (SSSR count). The maximum absolute atomic E-state index is 4.70. The molecule has 0 atom stereocenters. The van der Waals surface area contributed by atoms with Gasteiger partial charge in [-0.1, -0.05) is 31.2 Å². The molecule has 6 heteroatoms. The molecule has 1 aliphatic heterocycles. The molecule has 134 valence electrons. The second-order valence-corrected chi connectivity index (χ2v) is 6.66. The highest BCUT2D eigenvalue weighted by Gasteiger charge is 2.18. The second kappa shape index (κ2) is 7.66. The number of aromatic nitrogens is 4. The molecule has 0 fully saturated rings. The van der Waals surface area contributed by atoms with Crippen LogP contribution in [0.4, 0.5) is 5.95 Å². The lowest BCUT2D eigenvalue weighted by atomic mass is 10.1. The topological polar surface area (TPSA) is 58.9 Å². The second-order valence-electron chi connectivity index (χ2n) is 6.66. The number of nitrogens with one attached hydrogen (secondary N) is 1. The summed E-state index contributed by atoms with van der Waals surface area (Å²) in [6, 6.07) is 13.0. The van der Waals surface area contributed by atoms with Crippen molar-refractivity contribution < 1.29 is 0 Å². The van der Waals surface area contributed by atoms with E-state index >= 15 is 0 Å². The number of benzene rings is 1. The highest BCUT2D eigenvalue weighted by molar-refractivity contribution is 5.25. The molecular weight excluding hydrogens is 324 g/mol. The highest BCUT2D eigenvalue weighted by atomic mass is 15.3. The van der Waals surface area contributed by atoms with Crippen LogP contribution >= 0.6 is 0 Å². The minimum Gasteiger partial charge on any atom is -0.348 e. The van der Waals surface area contributed by atoms with Crippen LogP contribution in [-0.4, -0.2) is 31.2 Å². The summed E-state index contributed by atoms with van der Waals surface area (Å²) in [5.41, 5.74) is 5.07. The van der Waals surface area contributed by atoms with Crippen LogP contribution in [-0.2, 0) is 32.6 Å². The summed E-state index contributed by atoms with van der Waals surface area (Å²) in [5, 5.41) is 7.92. The fraction of sp³-hybridized carbons (Fsp3) is 0.350. The van der Waals surface area contributed by atoms with Gasteiger partial charge >= 0.3 is 0 Å². The van der Waals surface area contributed by atoms with Crippen molar-refractivity contribution in [2.75, 3.05) is 11.9 Å². The standard InChI is InChI=1S/C20H24N6/c1-2-16-4-6-17(7-5-16)14-25-10-11-26-19(15-25)12-18(24-26)13-23-20-21-8-3-9-22-20/h3-9,12H,2,10-11,13-15H2,1H3,(H,21,22,23). The summed E-state index contributed by atoms with van der Waals surface area (Å²) in [6.07, 6.45) is 4.56. The molecule has 1 N–H and O–H groups in total. The first kappa shape index (κ1) is 16.7. The van der Waals surface area contributed by atoms with Gasteiger partial charge in [-0.25, -0.2) is 9.97 Å². The Hall–Kier alpha value is -2.73. The van der Waals surface area contributed by atoms with Gasteiger partial charge in [0, 0.05) is 32.0 Å². The van der Waals surface area contributed by atoms with E-state index in [9.17, 15) is 0 Å². The van der Waals surface area contributed by atoms with Gasteiger partial charge in [-0.15, -0.1) is 0 Å². The number of anilines is 1. The lowest BCUT2D eigenvalue weighted by Crippen LogP contribution is -2.33. The molecule has 0 bridgehead atoms. The van der Waals surface area contributed by atoms with E-state index in [4.69, 9.17) is 5.10 Å². The van der Waals surface area contributed by atoms with Gasteiger partial charge in [-0.2, -0.15) is 5.10 Å². The van der Waals surface area contributed by atoms with Crippen LogP contribution in [0.25, 0.3) is 0 Å². The Morgan fingerprint density at radius 2 is 1.81 bits per heavy atom.